The van der Waals surface area contributed by atoms with E-state index in [-0.39, 0.29) is 5.91 Å². The Morgan fingerprint density at radius 2 is 2.59 bits per heavy atom. The third-order valence-electron chi connectivity index (χ3n) is 2.62. The molecular weight excluding hydrogens is 254 g/mol. The van der Waals surface area contributed by atoms with Gasteiger partial charge in [-0.3, -0.25) is 4.79 Å². The molecule has 0 spiro atoms. The Kier molecular flexibility index (Phi) is 5.28. The quantitative estimate of drug-likeness (QED) is 0.835. The van der Waals surface area contributed by atoms with Gasteiger partial charge in [0, 0.05) is 48.9 Å². The minimum atomic E-state index is 0.139. The number of rotatable bonds is 5. The second kappa shape index (κ2) is 6.98. The molecule has 1 aliphatic heterocycles. The van der Waals surface area contributed by atoms with Crippen molar-refractivity contribution in [2.75, 3.05) is 24.6 Å². The standard InChI is InChI=1S/C11H17N3OS2/c15-11(5-10-7-16-4-3-12-10)13-2-1-9-6-17-8-14-9/h6,8,10,12H,1-5,7H2,(H,13,15). The molecule has 1 atom stereocenters. The summed E-state index contributed by atoms with van der Waals surface area (Å²) < 4.78 is 0. The number of carbonyl (C=O) groups excluding carboxylic acids is 1. The summed E-state index contributed by atoms with van der Waals surface area (Å²) in [7, 11) is 0. The molecule has 17 heavy (non-hydrogen) atoms. The molecule has 2 rings (SSSR count). The van der Waals surface area contributed by atoms with Crippen molar-refractivity contribution in [3.05, 3.63) is 16.6 Å². The minimum absolute atomic E-state index is 0.139. The van der Waals surface area contributed by atoms with Gasteiger partial charge in [-0.05, 0) is 0 Å². The second-order valence-electron chi connectivity index (χ2n) is 4.01. The molecule has 1 unspecified atom stereocenters. The van der Waals surface area contributed by atoms with Gasteiger partial charge in [0.1, 0.15) is 0 Å². The summed E-state index contributed by atoms with van der Waals surface area (Å²) in [6, 6.07) is 0.341. The van der Waals surface area contributed by atoms with Gasteiger partial charge in [-0.15, -0.1) is 11.3 Å². The van der Waals surface area contributed by atoms with Crippen LogP contribution < -0.4 is 10.6 Å². The van der Waals surface area contributed by atoms with Crippen LogP contribution in [0.25, 0.3) is 0 Å². The summed E-state index contributed by atoms with van der Waals surface area (Å²) in [6.45, 7) is 1.70. The Hall–Kier alpha value is -0.590. The first kappa shape index (κ1) is 12.9. The van der Waals surface area contributed by atoms with Crippen molar-refractivity contribution in [1.82, 2.24) is 15.6 Å². The van der Waals surface area contributed by atoms with Crippen molar-refractivity contribution in [1.29, 1.82) is 0 Å². The Labute approximate surface area is 110 Å². The molecule has 94 valence electrons. The lowest BCUT2D eigenvalue weighted by atomic mass is 10.2. The molecule has 0 bridgehead atoms. The van der Waals surface area contributed by atoms with Gasteiger partial charge in [0.15, 0.2) is 0 Å². The lowest BCUT2D eigenvalue weighted by molar-refractivity contribution is -0.121. The molecule has 2 N–H and O–H groups in total. The first-order chi connectivity index (χ1) is 8.34. The molecule has 1 aliphatic rings. The van der Waals surface area contributed by atoms with Crippen LogP contribution in [0, 0.1) is 0 Å². The largest absolute Gasteiger partial charge is 0.356 e. The van der Waals surface area contributed by atoms with Crippen LogP contribution in [0.1, 0.15) is 12.1 Å². The summed E-state index contributed by atoms with van der Waals surface area (Å²) in [6.07, 6.45) is 1.41. The third-order valence-corrected chi connectivity index (χ3v) is 4.38. The van der Waals surface area contributed by atoms with Gasteiger partial charge >= 0.3 is 0 Å². The highest BCUT2D eigenvalue weighted by molar-refractivity contribution is 7.99. The molecular formula is C11H17N3OS2. The number of carbonyl (C=O) groups is 1. The fraction of sp³-hybridized carbons (Fsp3) is 0.636. The van der Waals surface area contributed by atoms with Crippen molar-refractivity contribution >= 4 is 29.0 Å². The molecule has 0 aromatic carbocycles. The summed E-state index contributed by atoms with van der Waals surface area (Å²) >= 11 is 3.51. The number of nitrogens with one attached hydrogen (secondary N) is 2. The predicted octanol–water partition coefficient (Wildman–Crippen LogP) is 0.897. The van der Waals surface area contributed by atoms with E-state index in [1.54, 1.807) is 11.3 Å². The molecule has 6 heteroatoms. The molecule has 1 amide bonds. The molecule has 1 saturated heterocycles. The van der Waals surface area contributed by atoms with Crippen LogP contribution in [-0.2, 0) is 11.2 Å². The molecule has 1 aromatic rings. The van der Waals surface area contributed by atoms with Gasteiger partial charge in [0.05, 0.1) is 11.2 Å². The van der Waals surface area contributed by atoms with Gasteiger partial charge < -0.3 is 10.6 Å². The Morgan fingerprint density at radius 3 is 3.29 bits per heavy atom. The van der Waals surface area contributed by atoms with E-state index < -0.39 is 0 Å². The molecule has 4 nitrogen and oxygen atoms in total. The Bertz CT molecular complexity index is 336. The van der Waals surface area contributed by atoms with Crippen LogP contribution in [0.2, 0.25) is 0 Å². The van der Waals surface area contributed by atoms with E-state index in [9.17, 15) is 4.79 Å². The van der Waals surface area contributed by atoms with Crippen molar-refractivity contribution in [2.45, 2.75) is 18.9 Å². The number of aromatic nitrogens is 1. The molecule has 0 saturated carbocycles. The smallest absolute Gasteiger partial charge is 0.221 e. The molecule has 0 aliphatic carbocycles. The fourth-order valence-corrected chi connectivity index (χ4v) is 3.28. The average molecular weight is 271 g/mol. The number of hydrogen-bond acceptors (Lipinski definition) is 5. The third kappa shape index (κ3) is 4.65. The Balaban J connectivity index is 1.60. The van der Waals surface area contributed by atoms with Crippen LogP contribution in [0.15, 0.2) is 10.9 Å². The van der Waals surface area contributed by atoms with E-state index in [0.717, 1.165) is 30.2 Å². The summed E-state index contributed by atoms with van der Waals surface area (Å²) in [5.41, 5.74) is 2.88. The normalized spacial score (nSPS) is 20.1. The van der Waals surface area contributed by atoms with Gasteiger partial charge in [-0.25, -0.2) is 4.98 Å². The van der Waals surface area contributed by atoms with Crippen molar-refractivity contribution in [3.8, 4) is 0 Å². The summed E-state index contributed by atoms with van der Waals surface area (Å²) in [4.78, 5) is 15.8. The van der Waals surface area contributed by atoms with E-state index in [0.29, 0.717) is 19.0 Å². The monoisotopic (exact) mass is 271 g/mol. The number of hydrogen-bond donors (Lipinski definition) is 2. The molecule has 1 aromatic heterocycles. The van der Waals surface area contributed by atoms with Crippen molar-refractivity contribution in [2.24, 2.45) is 0 Å². The molecule has 1 fully saturated rings. The highest BCUT2D eigenvalue weighted by Crippen LogP contribution is 2.09. The fourth-order valence-electron chi connectivity index (χ4n) is 1.74. The van der Waals surface area contributed by atoms with Crippen molar-refractivity contribution in [3.63, 3.8) is 0 Å². The molecule has 2 heterocycles. The minimum Gasteiger partial charge on any atom is -0.356 e. The number of thioether (sulfide) groups is 1. The lowest BCUT2D eigenvalue weighted by Crippen LogP contribution is -2.41. The Morgan fingerprint density at radius 1 is 1.65 bits per heavy atom. The second-order valence-corrected chi connectivity index (χ2v) is 5.88. The lowest BCUT2D eigenvalue weighted by Gasteiger charge is -2.22. The van der Waals surface area contributed by atoms with Gasteiger partial charge in [-0.2, -0.15) is 11.8 Å². The number of amides is 1. The van der Waals surface area contributed by atoms with Gasteiger partial charge in [0.25, 0.3) is 0 Å². The highest BCUT2D eigenvalue weighted by atomic mass is 32.2. The van der Waals surface area contributed by atoms with E-state index in [4.69, 9.17) is 0 Å². The van der Waals surface area contributed by atoms with Crippen LogP contribution in [0.4, 0.5) is 0 Å². The topological polar surface area (TPSA) is 54.0 Å². The zero-order valence-corrected chi connectivity index (χ0v) is 11.3. The zero-order valence-electron chi connectivity index (χ0n) is 9.65. The van der Waals surface area contributed by atoms with Crippen LogP contribution in [0.5, 0.6) is 0 Å². The number of thiazole rings is 1. The van der Waals surface area contributed by atoms with E-state index in [1.807, 2.05) is 22.7 Å². The summed E-state index contributed by atoms with van der Waals surface area (Å²) in [5.74, 6) is 2.33. The average Bonchev–Trinajstić information content (AvgIpc) is 2.83. The van der Waals surface area contributed by atoms with E-state index in [2.05, 4.69) is 15.6 Å². The van der Waals surface area contributed by atoms with Crippen LogP contribution in [0.3, 0.4) is 0 Å². The first-order valence-electron chi connectivity index (χ1n) is 5.79. The zero-order chi connectivity index (χ0) is 11.9. The maximum Gasteiger partial charge on any atom is 0.221 e. The SMILES string of the molecule is O=C(CC1CSCCN1)NCCc1cscn1. The summed E-state index contributed by atoms with van der Waals surface area (Å²) in [5, 5.41) is 8.33. The molecule has 0 radical (unpaired) electrons. The van der Waals surface area contributed by atoms with E-state index >= 15 is 0 Å². The number of nitrogens with zero attached hydrogens (tertiary/aromatic N) is 1. The highest BCUT2D eigenvalue weighted by Gasteiger charge is 2.16. The van der Waals surface area contributed by atoms with Gasteiger partial charge in [-0.1, -0.05) is 0 Å². The van der Waals surface area contributed by atoms with Gasteiger partial charge in [0.2, 0.25) is 5.91 Å². The van der Waals surface area contributed by atoms with Crippen LogP contribution in [-0.4, -0.2) is 41.5 Å². The maximum absolute atomic E-state index is 11.7. The predicted molar refractivity (Wildman–Crippen MR) is 72.6 cm³/mol. The van der Waals surface area contributed by atoms with Crippen molar-refractivity contribution < 1.29 is 4.79 Å². The van der Waals surface area contributed by atoms with E-state index in [1.165, 1.54) is 0 Å². The first-order valence-corrected chi connectivity index (χ1v) is 7.89. The van der Waals surface area contributed by atoms with Crippen LogP contribution >= 0.6 is 23.1 Å². The maximum atomic E-state index is 11.7.